The molecule has 0 saturated carbocycles. The number of ketones is 1. The van der Waals surface area contributed by atoms with Gasteiger partial charge in [-0.3, -0.25) is 9.59 Å². The maximum atomic E-state index is 12.2. The molecule has 0 bridgehead atoms. The third kappa shape index (κ3) is 8.89. The van der Waals surface area contributed by atoms with Crippen molar-refractivity contribution in [2.75, 3.05) is 6.61 Å². The molecular weight excluding hydrogens is 292 g/mol. The molecule has 1 atom stereocenters. The Morgan fingerprint density at radius 3 is 2.04 bits per heavy atom. The Morgan fingerprint density at radius 2 is 1.61 bits per heavy atom. The fraction of sp³-hybridized carbons (Fsp3) is 0.789. The molecule has 0 aromatic rings. The van der Waals surface area contributed by atoms with Crippen molar-refractivity contribution in [3.05, 3.63) is 12.7 Å². The predicted molar refractivity (Wildman–Crippen MR) is 93.3 cm³/mol. The Labute approximate surface area is 141 Å². The summed E-state index contributed by atoms with van der Waals surface area (Å²) in [6, 6.07) is 0. The van der Waals surface area contributed by atoms with Gasteiger partial charge in [-0.15, -0.1) is 0 Å². The number of hydrogen-bond acceptors (Lipinski definition) is 4. The van der Waals surface area contributed by atoms with Gasteiger partial charge in [0.1, 0.15) is 11.2 Å². The standard InChI is InChI=1S/C19H34O4/c1-10-15(20)19(8,9)22-12-11-18(6,7)23-16(21)14(2)13-17(3,4)5/h10,14H,1,11-13H2,2-9H3. The second-order valence-corrected chi connectivity index (χ2v) is 8.52. The van der Waals surface area contributed by atoms with Crippen LogP contribution < -0.4 is 0 Å². The largest absolute Gasteiger partial charge is 0.459 e. The van der Waals surface area contributed by atoms with Crippen molar-refractivity contribution >= 4 is 11.8 Å². The molecule has 0 amide bonds. The van der Waals surface area contributed by atoms with Crippen LogP contribution in [-0.4, -0.2) is 29.6 Å². The highest BCUT2D eigenvalue weighted by atomic mass is 16.6. The average Bonchev–Trinajstić information content (AvgIpc) is 2.34. The molecule has 0 radical (unpaired) electrons. The quantitative estimate of drug-likeness (QED) is 0.468. The van der Waals surface area contributed by atoms with Gasteiger partial charge in [0.2, 0.25) is 0 Å². The van der Waals surface area contributed by atoms with Crippen LogP contribution in [-0.2, 0) is 19.1 Å². The van der Waals surface area contributed by atoms with Crippen LogP contribution in [0.3, 0.4) is 0 Å². The van der Waals surface area contributed by atoms with Crippen molar-refractivity contribution in [1.82, 2.24) is 0 Å². The minimum absolute atomic E-state index is 0.0841. The van der Waals surface area contributed by atoms with Crippen LogP contribution >= 0.6 is 0 Å². The van der Waals surface area contributed by atoms with Gasteiger partial charge in [-0.2, -0.15) is 0 Å². The highest BCUT2D eigenvalue weighted by Crippen LogP contribution is 2.27. The lowest BCUT2D eigenvalue weighted by atomic mass is 9.85. The number of ether oxygens (including phenoxy) is 2. The summed E-state index contributed by atoms with van der Waals surface area (Å²) in [5, 5.41) is 0. The second-order valence-electron chi connectivity index (χ2n) is 8.52. The lowest BCUT2D eigenvalue weighted by Crippen LogP contribution is -2.37. The van der Waals surface area contributed by atoms with Crippen LogP contribution in [0.2, 0.25) is 0 Å². The van der Waals surface area contributed by atoms with Crippen molar-refractivity contribution in [3.63, 3.8) is 0 Å². The van der Waals surface area contributed by atoms with Crippen LogP contribution in [0.15, 0.2) is 12.7 Å². The molecule has 1 unspecified atom stereocenters. The molecule has 0 aliphatic heterocycles. The fourth-order valence-corrected chi connectivity index (χ4v) is 2.29. The van der Waals surface area contributed by atoms with E-state index in [4.69, 9.17) is 9.47 Å². The summed E-state index contributed by atoms with van der Waals surface area (Å²) >= 11 is 0. The molecule has 0 saturated heterocycles. The molecule has 0 aromatic carbocycles. The van der Waals surface area contributed by atoms with E-state index in [1.807, 2.05) is 20.8 Å². The van der Waals surface area contributed by atoms with E-state index in [1.54, 1.807) is 13.8 Å². The number of carbonyl (C=O) groups is 2. The summed E-state index contributed by atoms with van der Waals surface area (Å²) in [5.41, 5.74) is -1.45. The van der Waals surface area contributed by atoms with E-state index < -0.39 is 11.2 Å². The Bertz CT molecular complexity index is 427. The van der Waals surface area contributed by atoms with E-state index in [-0.39, 0.29) is 23.1 Å². The third-order valence-electron chi connectivity index (χ3n) is 3.64. The molecule has 0 fully saturated rings. The van der Waals surface area contributed by atoms with Gasteiger partial charge in [0.05, 0.1) is 12.5 Å². The van der Waals surface area contributed by atoms with E-state index in [0.717, 1.165) is 6.42 Å². The first-order chi connectivity index (χ1) is 10.2. The maximum absolute atomic E-state index is 12.2. The monoisotopic (exact) mass is 326 g/mol. The molecule has 0 aliphatic carbocycles. The Balaban J connectivity index is 4.46. The Hall–Kier alpha value is -1.16. The number of hydrogen-bond donors (Lipinski definition) is 0. The molecule has 0 spiro atoms. The van der Waals surface area contributed by atoms with Crippen LogP contribution in [0.1, 0.15) is 68.2 Å². The SMILES string of the molecule is C=CC(=O)C(C)(C)OCCC(C)(C)OC(=O)C(C)CC(C)(C)C. The molecule has 0 rings (SSSR count). The molecule has 0 aliphatic rings. The van der Waals surface area contributed by atoms with Gasteiger partial charge >= 0.3 is 5.97 Å². The maximum Gasteiger partial charge on any atom is 0.309 e. The average molecular weight is 326 g/mol. The first kappa shape index (κ1) is 21.8. The lowest BCUT2D eigenvalue weighted by molar-refractivity contribution is -0.165. The molecular formula is C19H34O4. The lowest BCUT2D eigenvalue weighted by Gasteiger charge is -2.30. The molecule has 23 heavy (non-hydrogen) atoms. The molecule has 0 aromatic heterocycles. The van der Waals surface area contributed by atoms with Gasteiger partial charge in [-0.25, -0.2) is 0 Å². The van der Waals surface area contributed by atoms with E-state index in [9.17, 15) is 9.59 Å². The number of carbonyl (C=O) groups excluding carboxylic acids is 2. The van der Waals surface area contributed by atoms with Crippen LogP contribution in [0.5, 0.6) is 0 Å². The van der Waals surface area contributed by atoms with E-state index in [0.29, 0.717) is 13.0 Å². The van der Waals surface area contributed by atoms with Gasteiger partial charge in [-0.05, 0) is 45.6 Å². The van der Waals surface area contributed by atoms with Gasteiger partial charge in [0, 0.05) is 6.42 Å². The predicted octanol–water partition coefficient (Wildman–Crippen LogP) is 4.32. The summed E-state index contributed by atoms with van der Waals surface area (Å²) in [7, 11) is 0. The minimum Gasteiger partial charge on any atom is -0.459 e. The van der Waals surface area contributed by atoms with E-state index in [2.05, 4.69) is 27.4 Å². The number of rotatable bonds is 9. The topological polar surface area (TPSA) is 52.6 Å². The van der Waals surface area contributed by atoms with Crippen LogP contribution in [0.25, 0.3) is 0 Å². The van der Waals surface area contributed by atoms with Gasteiger partial charge in [-0.1, -0.05) is 34.3 Å². The smallest absolute Gasteiger partial charge is 0.309 e. The van der Waals surface area contributed by atoms with Crippen LogP contribution in [0.4, 0.5) is 0 Å². The zero-order valence-corrected chi connectivity index (χ0v) is 16.1. The molecule has 0 N–H and O–H groups in total. The normalized spacial score (nSPS) is 14.3. The first-order valence-electron chi connectivity index (χ1n) is 8.24. The second kappa shape index (κ2) is 8.09. The summed E-state index contributed by atoms with van der Waals surface area (Å²) < 4.78 is 11.3. The van der Waals surface area contributed by atoms with Gasteiger partial charge in [0.15, 0.2) is 5.78 Å². The molecule has 134 valence electrons. The number of esters is 1. The highest BCUT2D eigenvalue weighted by molar-refractivity contribution is 5.95. The molecule has 4 heteroatoms. The van der Waals surface area contributed by atoms with E-state index >= 15 is 0 Å². The summed E-state index contributed by atoms with van der Waals surface area (Å²) in [4.78, 5) is 23.9. The fourth-order valence-electron chi connectivity index (χ4n) is 2.29. The van der Waals surface area contributed by atoms with Crippen molar-refractivity contribution in [3.8, 4) is 0 Å². The van der Waals surface area contributed by atoms with Crippen molar-refractivity contribution in [2.45, 2.75) is 79.4 Å². The highest BCUT2D eigenvalue weighted by Gasteiger charge is 2.30. The van der Waals surface area contributed by atoms with Gasteiger partial charge in [0.25, 0.3) is 0 Å². The zero-order chi connectivity index (χ0) is 18.5. The zero-order valence-electron chi connectivity index (χ0n) is 16.1. The minimum atomic E-state index is -0.901. The van der Waals surface area contributed by atoms with Crippen LogP contribution in [0, 0.1) is 11.3 Å². The van der Waals surface area contributed by atoms with Crippen molar-refractivity contribution < 1.29 is 19.1 Å². The summed E-state index contributed by atoms with van der Waals surface area (Å²) in [6.45, 7) is 19.2. The summed E-state index contributed by atoms with van der Waals surface area (Å²) in [6.07, 6.45) is 2.56. The van der Waals surface area contributed by atoms with Crippen molar-refractivity contribution in [1.29, 1.82) is 0 Å². The Kier molecular flexibility index (Phi) is 7.68. The van der Waals surface area contributed by atoms with Gasteiger partial charge < -0.3 is 9.47 Å². The third-order valence-corrected chi connectivity index (χ3v) is 3.64. The first-order valence-corrected chi connectivity index (χ1v) is 8.24. The van der Waals surface area contributed by atoms with E-state index in [1.165, 1.54) is 6.08 Å². The Morgan fingerprint density at radius 1 is 1.09 bits per heavy atom. The molecule has 0 heterocycles. The summed E-state index contributed by atoms with van der Waals surface area (Å²) in [5.74, 6) is -0.494. The molecule has 4 nitrogen and oxygen atoms in total. The van der Waals surface area contributed by atoms with Crippen molar-refractivity contribution in [2.24, 2.45) is 11.3 Å².